The van der Waals surface area contributed by atoms with E-state index in [9.17, 15) is 0 Å². The van der Waals surface area contributed by atoms with Crippen LogP contribution >= 0.6 is 0 Å². The summed E-state index contributed by atoms with van der Waals surface area (Å²) in [7, 11) is 0. The lowest BCUT2D eigenvalue weighted by Gasteiger charge is -2.20. The average molecular weight is 207 g/mol. The molecule has 0 amide bonds. The average Bonchev–Trinajstić information content (AvgIpc) is 2.90. The molecule has 84 valence electrons. The first-order valence-electron chi connectivity index (χ1n) is 5.83. The van der Waals surface area contributed by atoms with Crippen LogP contribution in [0.15, 0.2) is 0 Å². The van der Waals surface area contributed by atoms with E-state index in [1.807, 2.05) is 0 Å². The number of nitrogens with zero attached hydrogens (tertiary/aromatic N) is 2. The Morgan fingerprint density at radius 2 is 2.07 bits per heavy atom. The topological polar surface area (TPSA) is 43.8 Å². The van der Waals surface area contributed by atoms with Crippen molar-refractivity contribution in [3.05, 3.63) is 17.0 Å². The van der Waals surface area contributed by atoms with Gasteiger partial charge in [-0.05, 0) is 40.5 Å². The highest BCUT2D eigenvalue weighted by Gasteiger charge is 2.50. The van der Waals surface area contributed by atoms with E-state index < -0.39 is 0 Å². The minimum Gasteiger partial charge on any atom is -0.327 e. The minimum atomic E-state index is 0.238. The van der Waals surface area contributed by atoms with Crippen molar-refractivity contribution < 1.29 is 0 Å². The molecule has 3 heteroatoms. The van der Waals surface area contributed by atoms with Crippen LogP contribution < -0.4 is 5.73 Å². The summed E-state index contributed by atoms with van der Waals surface area (Å²) in [6.07, 6.45) is 2.45. The van der Waals surface area contributed by atoms with Gasteiger partial charge < -0.3 is 5.73 Å². The Bertz CT molecular complexity index is 372. The van der Waals surface area contributed by atoms with Crippen LogP contribution in [0, 0.1) is 13.8 Å². The molecule has 0 saturated heterocycles. The molecule has 1 fully saturated rings. The molecule has 1 saturated carbocycles. The third kappa shape index (κ3) is 1.41. The van der Waals surface area contributed by atoms with Crippen molar-refractivity contribution in [2.24, 2.45) is 5.73 Å². The van der Waals surface area contributed by atoms with Crippen molar-refractivity contribution in [2.75, 3.05) is 0 Å². The number of aromatic nitrogens is 2. The molecule has 15 heavy (non-hydrogen) atoms. The molecule has 3 nitrogen and oxygen atoms in total. The Balaban J connectivity index is 2.49. The largest absolute Gasteiger partial charge is 0.327 e. The monoisotopic (exact) mass is 207 g/mol. The molecule has 1 heterocycles. The van der Waals surface area contributed by atoms with E-state index in [0.29, 0.717) is 0 Å². The maximum absolute atomic E-state index is 6.12. The molecule has 0 bridgehead atoms. The van der Waals surface area contributed by atoms with Crippen molar-refractivity contribution in [1.82, 2.24) is 9.78 Å². The highest BCUT2D eigenvalue weighted by atomic mass is 15.3. The second kappa shape index (κ2) is 3.34. The van der Waals surface area contributed by atoms with Crippen LogP contribution in [0.5, 0.6) is 0 Å². The maximum atomic E-state index is 6.12. The predicted octanol–water partition coefficient (Wildman–Crippen LogP) is 1.90. The lowest BCUT2D eigenvalue weighted by atomic mass is 9.88. The molecule has 1 aromatic heterocycles. The molecule has 1 aromatic rings. The Morgan fingerprint density at radius 1 is 1.47 bits per heavy atom. The fourth-order valence-corrected chi connectivity index (χ4v) is 2.79. The molecular weight excluding hydrogens is 186 g/mol. The minimum absolute atomic E-state index is 0.238. The first kappa shape index (κ1) is 10.7. The van der Waals surface area contributed by atoms with Gasteiger partial charge in [0.15, 0.2) is 0 Å². The van der Waals surface area contributed by atoms with Crippen molar-refractivity contribution in [2.45, 2.75) is 58.5 Å². The quantitative estimate of drug-likeness (QED) is 0.822. The summed E-state index contributed by atoms with van der Waals surface area (Å²) in [5, 5.41) is 4.58. The van der Waals surface area contributed by atoms with Crippen molar-refractivity contribution >= 4 is 0 Å². The van der Waals surface area contributed by atoms with E-state index in [-0.39, 0.29) is 11.5 Å². The summed E-state index contributed by atoms with van der Waals surface area (Å²) in [5.74, 6) is 0. The first-order valence-corrected chi connectivity index (χ1v) is 5.83. The van der Waals surface area contributed by atoms with Crippen LogP contribution in [0.2, 0.25) is 0 Å². The molecule has 1 aliphatic rings. The highest BCUT2D eigenvalue weighted by Crippen LogP contribution is 2.52. The Kier molecular flexibility index (Phi) is 2.38. The Labute approximate surface area is 91.7 Å². The van der Waals surface area contributed by atoms with Gasteiger partial charge in [-0.1, -0.05) is 0 Å². The molecule has 2 rings (SSSR count). The van der Waals surface area contributed by atoms with E-state index in [2.05, 4.69) is 37.5 Å². The molecule has 1 unspecified atom stereocenters. The summed E-state index contributed by atoms with van der Waals surface area (Å²) < 4.78 is 2.09. The van der Waals surface area contributed by atoms with E-state index in [0.717, 1.165) is 6.54 Å². The Morgan fingerprint density at radius 3 is 2.40 bits per heavy atom. The summed E-state index contributed by atoms with van der Waals surface area (Å²) in [4.78, 5) is 0. The van der Waals surface area contributed by atoms with E-state index in [1.165, 1.54) is 29.8 Å². The van der Waals surface area contributed by atoms with Gasteiger partial charge in [0.2, 0.25) is 0 Å². The van der Waals surface area contributed by atoms with Crippen LogP contribution in [0.4, 0.5) is 0 Å². The second-order valence-corrected chi connectivity index (χ2v) is 4.81. The van der Waals surface area contributed by atoms with Crippen LogP contribution in [-0.4, -0.2) is 15.8 Å². The smallest absolute Gasteiger partial charge is 0.0634 e. The zero-order valence-corrected chi connectivity index (χ0v) is 10.2. The molecule has 2 N–H and O–H groups in total. The summed E-state index contributed by atoms with van der Waals surface area (Å²) in [5.41, 5.74) is 10.3. The molecule has 0 aliphatic heterocycles. The van der Waals surface area contributed by atoms with Crippen molar-refractivity contribution in [3.63, 3.8) is 0 Å². The third-order valence-electron chi connectivity index (χ3n) is 3.84. The maximum Gasteiger partial charge on any atom is 0.0634 e. The van der Waals surface area contributed by atoms with Gasteiger partial charge in [-0.2, -0.15) is 5.10 Å². The van der Waals surface area contributed by atoms with Crippen molar-refractivity contribution in [3.8, 4) is 0 Å². The normalized spacial score (nSPS) is 20.3. The van der Waals surface area contributed by atoms with Gasteiger partial charge in [-0.15, -0.1) is 0 Å². The fourth-order valence-electron chi connectivity index (χ4n) is 2.79. The Hall–Kier alpha value is -0.830. The van der Waals surface area contributed by atoms with E-state index in [1.54, 1.807) is 0 Å². The predicted molar refractivity (Wildman–Crippen MR) is 61.9 cm³/mol. The number of hydrogen-bond donors (Lipinski definition) is 1. The van der Waals surface area contributed by atoms with Gasteiger partial charge in [0.25, 0.3) is 0 Å². The third-order valence-corrected chi connectivity index (χ3v) is 3.84. The number of aryl methyl sites for hydroxylation is 2. The number of nitrogens with two attached hydrogens (primary N) is 1. The summed E-state index contributed by atoms with van der Waals surface area (Å²) in [6, 6.07) is 0.240. The second-order valence-electron chi connectivity index (χ2n) is 4.81. The van der Waals surface area contributed by atoms with Gasteiger partial charge in [0.05, 0.1) is 5.69 Å². The molecule has 0 radical (unpaired) electrons. The van der Waals surface area contributed by atoms with Crippen LogP contribution in [0.3, 0.4) is 0 Å². The van der Waals surface area contributed by atoms with Crippen LogP contribution in [-0.2, 0) is 12.0 Å². The van der Waals surface area contributed by atoms with Gasteiger partial charge >= 0.3 is 0 Å². The van der Waals surface area contributed by atoms with Gasteiger partial charge in [0.1, 0.15) is 0 Å². The number of hydrogen-bond acceptors (Lipinski definition) is 2. The lowest BCUT2D eigenvalue weighted by molar-refractivity contribution is 0.548. The molecule has 0 aromatic carbocycles. The molecule has 1 aliphatic carbocycles. The number of rotatable bonds is 3. The molecule has 1 atom stereocenters. The summed E-state index contributed by atoms with van der Waals surface area (Å²) >= 11 is 0. The van der Waals surface area contributed by atoms with Crippen molar-refractivity contribution in [1.29, 1.82) is 0 Å². The van der Waals surface area contributed by atoms with Gasteiger partial charge in [-0.25, -0.2) is 0 Å². The van der Waals surface area contributed by atoms with Gasteiger partial charge in [0, 0.05) is 29.3 Å². The highest BCUT2D eigenvalue weighted by molar-refractivity contribution is 5.40. The van der Waals surface area contributed by atoms with Crippen LogP contribution in [0.25, 0.3) is 0 Å². The zero-order valence-electron chi connectivity index (χ0n) is 10.2. The summed E-state index contributed by atoms with van der Waals surface area (Å²) in [6.45, 7) is 9.48. The standard InChI is InChI=1S/C12H21N3/c1-5-15-9(3)11(8(2)14-15)12(6-7-12)10(4)13/h10H,5-7,13H2,1-4H3. The SMILES string of the molecule is CCn1nc(C)c(C2(C(C)N)CC2)c1C. The van der Waals surface area contributed by atoms with E-state index >= 15 is 0 Å². The lowest BCUT2D eigenvalue weighted by Crippen LogP contribution is -2.32. The van der Waals surface area contributed by atoms with Gasteiger partial charge in [-0.3, -0.25) is 4.68 Å². The fraction of sp³-hybridized carbons (Fsp3) is 0.750. The molecular formula is C12H21N3. The van der Waals surface area contributed by atoms with Crippen LogP contribution in [0.1, 0.15) is 43.6 Å². The zero-order chi connectivity index (χ0) is 11.2. The molecule has 0 spiro atoms. The first-order chi connectivity index (χ1) is 7.03. The van der Waals surface area contributed by atoms with E-state index in [4.69, 9.17) is 5.73 Å².